The molecule has 0 aromatic heterocycles. The van der Waals surface area contributed by atoms with Crippen molar-refractivity contribution < 1.29 is 17.6 Å². The quantitative estimate of drug-likeness (QED) is 0.347. The molecular formula is C24H21F4N3S. The molecule has 1 N–H and O–H groups in total. The van der Waals surface area contributed by atoms with Crippen molar-refractivity contribution in [1.29, 1.82) is 0 Å². The highest BCUT2D eigenvalue weighted by Crippen LogP contribution is 2.43. The predicted octanol–water partition coefficient (Wildman–Crippen LogP) is 5.92. The van der Waals surface area contributed by atoms with Gasteiger partial charge in [-0.1, -0.05) is 19.1 Å². The van der Waals surface area contributed by atoms with E-state index in [-0.39, 0.29) is 16.4 Å². The number of benzene rings is 2. The van der Waals surface area contributed by atoms with Crippen LogP contribution in [-0.4, -0.2) is 17.7 Å². The number of anilines is 2. The third-order valence-corrected chi connectivity index (χ3v) is 5.84. The fourth-order valence-electron chi connectivity index (χ4n) is 3.61. The predicted molar refractivity (Wildman–Crippen MR) is 125 cm³/mol. The first kappa shape index (κ1) is 23.4. The molecule has 0 saturated carbocycles. The van der Waals surface area contributed by atoms with E-state index in [4.69, 9.17) is 18.6 Å². The van der Waals surface area contributed by atoms with E-state index in [0.29, 0.717) is 22.6 Å². The minimum Gasteiger partial charge on any atom is -0.388 e. The van der Waals surface area contributed by atoms with Crippen LogP contribution in [0.15, 0.2) is 55.3 Å². The van der Waals surface area contributed by atoms with Crippen LogP contribution < -0.4 is 15.1 Å². The summed E-state index contributed by atoms with van der Waals surface area (Å²) < 4.78 is 55.4. The Morgan fingerprint density at radius 1 is 1.16 bits per heavy atom. The topological polar surface area (TPSA) is 18.5 Å². The summed E-state index contributed by atoms with van der Waals surface area (Å²) in [6.45, 7) is 11.4. The van der Waals surface area contributed by atoms with Gasteiger partial charge in [0, 0.05) is 40.9 Å². The van der Waals surface area contributed by atoms with Gasteiger partial charge in [0.2, 0.25) is 0 Å². The standard InChI is InChI=1S/C24H21F4N3S/c1-7-16-8-9-17(12-20(16)24(26,27)28)30-15(3)23(4,5)31(22(30)32)18-10-11-19(14(2)29-6)21(25)13-18/h1,8-13,29H,2-3H2,4-6H3. The van der Waals surface area contributed by atoms with Gasteiger partial charge in [-0.2, -0.15) is 13.2 Å². The molecule has 1 fully saturated rings. The molecule has 3 rings (SSSR count). The fourth-order valence-corrected chi connectivity index (χ4v) is 4.16. The largest absolute Gasteiger partial charge is 0.417 e. The second-order valence-corrected chi connectivity index (χ2v) is 8.09. The van der Waals surface area contributed by atoms with Gasteiger partial charge in [-0.05, 0) is 62.5 Å². The molecule has 1 saturated heterocycles. The van der Waals surface area contributed by atoms with Gasteiger partial charge in [0.15, 0.2) is 5.11 Å². The van der Waals surface area contributed by atoms with Crippen LogP contribution in [0, 0.1) is 18.2 Å². The Bertz CT molecular complexity index is 1170. The van der Waals surface area contributed by atoms with Gasteiger partial charge in [0.1, 0.15) is 5.82 Å². The summed E-state index contributed by atoms with van der Waals surface area (Å²) in [5.74, 6) is 1.55. The third kappa shape index (κ3) is 3.73. The zero-order valence-electron chi connectivity index (χ0n) is 17.8. The van der Waals surface area contributed by atoms with Crippen LogP contribution in [0.3, 0.4) is 0 Å². The van der Waals surface area contributed by atoms with Crippen molar-refractivity contribution >= 4 is 34.4 Å². The minimum atomic E-state index is -4.63. The lowest BCUT2D eigenvalue weighted by molar-refractivity contribution is -0.137. The fraction of sp³-hybridized carbons (Fsp3) is 0.208. The number of thiocarbonyl (C=S) groups is 1. The molecule has 0 aliphatic carbocycles. The Kier molecular flexibility index (Phi) is 5.83. The minimum absolute atomic E-state index is 0.168. The van der Waals surface area contributed by atoms with Crippen molar-refractivity contribution in [3.05, 3.63) is 77.8 Å². The molecule has 0 bridgehead atoms. The Labute approximate surface area is 190 Å². The number of rotatable bonds is 4. The van der Waals surface area contributed by atoms with E-state index in [1.807, 2.05) is 0 Å². The van der Waals surface area contributed by atoms with Gasteiger partial charge in [-0.25, -0.2) is 4.39 Å². The van der Waals surface area contributed by atoms with Crippen LogP contribution >= 0.6 is 12.2 Å². The molecule has 0 radical (unpaired) electrons. The second-order valence-electron chi connectivity index (χ2n) is 7.72. The summed E-state index contributed by atoms with van der Waals surface area (Å²) in [6.07, 6.45) is 0.608. The molecule has 0 spiro atoms. The number of nitrogens with zero attached hydrogens (tertiary/aromatic N) is 2. The maximum Gasteiger partial charge on any atom is 0.417 e. The molecule has 1 aliphatic rings. The summed E-state index contributed by atoms with van der Waals surface area (Å²) in [7, 11) is 1.64. The van der Waals surface area contributed by atoms with Crippen molar-refractivity contribution in [2.24, 2.45) is 0 Å². The zero-order chi connectivity index (χ0) is 24.0. The maximum absolute atomic E-state index is 14.8. The Morgan fingerprint density at radius 2 is 1.78 bits per heavy atom. The van der Waals surface area contributed by atoms with E-state index in [9.17, 15) is 17.6 Å². The first-order valence-corrected chi connectivity index (χ1v) is 9.93. The van der Waals surface area contributed by atoms with Crippen molar-refractivity contribution in [3.8, 4) is 12.3 Å². The second kappa shape index (κ2) is 7.99. The zero-order valence-corrected chi connectivity index (χ0v) is 18.6. The summed E-state index contributed by atoms with van der Waals surface area (Å²) >= 11 is 5.62. The lowest BCUT2D eigenvalue weighted by Crippen LogP contribution is -2.41. The Hall–Kier alpha value is -3.31. The lowest BCUT2D eigenvalue weighted by Gasteiger charge is -2.31. The normalized spacial score (nSPS) is 15.7. The highest BCUT2D eigenvalue weighted by molar-refractivity contribution is 7.80. The van der Waals surface area contributed by atoms with Crippen LogP contribution in [-0.2, 0) is 6.18 Å². The van der Waals surface area contributed by atoms with Gasteiger partial charge in [-0.15, -0.1) is 6.42 Å². The first-order chi connectivity index (χ1) is 14.8. The van der Waals surface area contributed by atoms with Crippen LogP contribution in [0.5, 0.6) is 0 Å². The summed E-state index contributed by atoms with van der Waals surface area (Å²) in [6, 6.07) is 8.19. The molecule has 32 heavy (non-hydrogen) atoms. The van der Waals surface area contributed by atoms with Crippen LogP contribution in [0.1, 0.15) is 30.5 Å². The smallest absolute Gasteiger partial charge is 0.388 e. The number of terminal acetylenes is 1. The first-order valence-electron chi connectivity index (χ1n) is 9.52. The molecule has 2 aromatic carbocycles. The Balaban J connectivity index is 2.10. The van der Waals surface area contributed by atoms with Gasteiger partial charge < -0.3 is 10.2 Å². The third-order valence-electron chi connectivity index (χ3n) is 5.48. The van der Waals surface area contributed by atoms with Crippen molar-refractivity contribution in [2.75, 3.05) is 16.8 Å². The lowest BCUT2D eigenvalue weighted by atomic mass is 9.99. The molecule has 2 aromatic rings. The molecule has 3 nitrogen and oxygen atoms in total. The molecule has 1 heterocycles. The van der Waals surface area contributed by atoms with Crippen molar-refractivity contribution in [1.82, 2.24) is 5.32 Å². The van der Waals surface area contributed by atoms with E-state index in [1.54, 1.807) is 37.9 Å². The molecule has 0 unspecified atom stereocenters. The van der Waals surface area contributed by atoms with Crippen LogP contribution in [0.2, 0.25) is 0 Å². The number of halogens is 4. The van der Waals surface area contributed by atoms with Crippen LogP contribution in [0.4, 0.5) is 28.9 Å². The summed E-state index contributed by atoms with van der Waals surface area (Å²) in [5.41, 5.74) is -0.290. The monoisotopic (exact) mass is 459 g/mol. The van der Waals surface area contributed by atoms with E-state index in [0.717, 1.165) is 6.07 Å². The molecule has 166 valence electrons. The molecule has 8 heteroatoms. The molecule has 0 amide bonds. The van der Waals surface area contributed by atoms with Crippen molar-refractivity contribution in [3.63, 3.8) is 0 Å². The summed E-state index contributed by atoms with van der Waals surface area (Å²) in [5, 5.41) is 2.96. The average Bonchev–Trinajstić information content (AvgIpc) is 2.90. The van der Waals surface area contributed by atoms with Gasteiger partial charge >= 0.3 is 6.18 Å². The summed E-state index contributed by atoms with van der Waals surface area (Å²) in [4.78, 5) is 3.10. The maximum atomic E-state index is 14.8. The van der Waals surface area contributed by atoms with E-state index < -0.39 is 23.1 Å². The van der Waals surface area contributed by atoms with E-state index in [2.05, 4.69) is 24.4 Å². The van der Waals surface area contributed by atoms with Crippen molar-refractivity contribution in [2.45, 2.75) is 25.6 Å². The van der Waals surface area contributed by atoms with Gasteiger partial charge in [0.05, 0.1) is 11.1 Å². The van der Waals surface area contributed by atoms with E-state index in [1.165, 1.54) is 23.1 Å². The number of alkyl halides is 3. The highest BCUT2D eigenvalue weighted by atomic mass is 32.1. The average molecular weight is 460 g/mol. The SMILES string of the molecule is C#Cc1ccc(N2C(=C)C(C)(C)N(c3ccc(C(=C)NC)c(F)c3)C2=S)cc1C(F)(F)F. The van der Waals surface area contributed by atoms with E-state index >= 15 is 0 Å². The molecule has 1 aliphatic heterocycles. The Morgan fingerprint density at radius 3 is 2.31 bits per heavy atom. The highest BCUT2D eigenvalue weighted by Gasteiger charge is 2.46. The molecule has 0 atom stereocenters. The number of hydrogen-bond donors (Lipinski definition) is 1. The van der Waals surface area contributed by atoms with Crippen LogP contribution in [0.25, 0.3) is 5.70 Å². The molecular weight excluding hydrogens is 438 g/mol. The van der Waals surface area contributed by atoms with Gasteiger partial charge in [-0.3, -0.25) is 4.90 Å². The van der Waals surface area contributed by atoms with Gasteiger partial charge in [0.25, 0.3) is 0 Å². The number of hydrogen-bond acceptors (Lipinski definition) is 2. The number of nitrogens with one attached hydrogen (secondary N) is 1.